The fraction of sp³-hybridized carbons (Fsp3) is 0.429. The van der Waals surface area contributed by atoms with Crippen LogP contribution in [0.3, 0.4) is 0 Å². The van der Waals surface area contributed by atoms with Crippen molar-refractivity contribution in [1.82, 2.24) is 4.57 Å². The zero-order chi connectivity index (χ0) is 12.3. The number of aryl methyl sites for hydroxylation is 2. The first-order valence-electron chi connectivity index (χ1n) is 6.14. The van der Waals surface area contributed by atoms with E-state index in [2.05, 4.69) is 51.8 Å². The molecule has 0 aliphatic rings. The zero-order valence-corrected chi connectivity index (χ0v) is 11.7. The van der Waals surface area contributed by atoms with Gasteiger partial charge in [-0.05, 0) is 36.6 Å². The summed E-state index contributed by atoms with van der Waals surface area (Å²) >= 11 is 3.53. The van der Waals surface area contributed by atoms with Gasteiger partial charge >= 0.3 is 0 Å². The van der Waals surface area contributed by atoms with Crippen LogP contribution in [0.15, 0.2) is 28.9 Å². The number of fused-ring (bicyclic) bond motifs is 1. The Balaban J connectivity index is 2.46. The quantitative estimate of drug-likeness (QED) is 0.893. The molecule has 0 bridgehead atoms. The van der Waals surface area contributed by atoms with Crippen molar-refractivity contribution >= 4 is 26.8 Å². The molecule has 1 aromatic carbocycles. The molecule has 0 fully saturated rings. The van der Waals surface area contributed by atoms with E-state index in [1.807, 2.05) is 0 Å². The fourth-order valence-corrected chi connectivity index (χ4v) is 2.60. The number of rotatable bonds is 5. The summed E-state index contributed by atoms with van der Waals surface area (Å²) in [7, 11) is 0. The van der Waals surface area contributed by atoms with Crippen LogP contribution in [0.4, 0.5) is 0 Å². The molecule has 2 nitrogen and oxygen atoms in total. The molecule has 2 aromatic rings. The van der Waals surface area contributed by atoms with Gasteiger partial charge in [0.25, 0.3) is 0 Å². The van der Waals surface area contributed by atoms with Gasteiger partial charge in [0.2, 0.25) is 0 Å². The zero-order valence-electron chi connectivity index (χ0n) is 10.1. The van der Waals surface area contributed by atoms with E-state index in [9.17, 15) is 0 Å². The van der Waals surface area contributed by atoms with Crippen LogP contribution in [0.1, 0.15) is 25.3 Å². The summed E-state index contributed by atoms with van der Waals surface area (Å²) in [6.07, 6.45) is 5.31. The van der Waals surface area contributed by atoms with Gasteiger partial charge < -0.3 is 9.67 Å². The summed E-state index contributed by atoms with van der Waals surface area (Å²) in [6, 6.07) is 6.42. The molecule has 0 aliphatic carbocycles. The second-order valence-electron chi connectivity index (χ2n) is 4.34. The molecule has 92 valence electrons. The number of hydrogen-bond donors (Lipinski definition) is 1. The Labute approximate surface area is 110 Å². The third kappa shape index (κ3) is 2.72. The minimum absolute atomic E-state index is 0.249. The van der Waals surface area contributed by atoms with E-state index < -0.39 is 0 Å². The number of nitrogens with zero attached hydrogens (tertiary/aromatic N) is 1. The molecule has 17 heavy (non-hydrogen) atoms. The highest BCUT2D eigenvalue weighted by Crippen LogP contribution is 2.26. The molecule has 0 saturated carbocycles. The van der Waals surface area contributed by atoms with Crippen molar-refractivity contribution in [2.75, 3.05) is 6.61 Å². The second kappa shape index (κ2) is 5.69. The topological polar surface area (TPSA) is 25.2 Å². The van der Waals surface area contributed by atoms with Gasteiger partial charge in [0, 0.05) is 34.7 Å². The lowest BCUT2D eigenvalue weighted by Gasteiger charge is -2.03. The van der Waals surface area contributed by atoms with Gasteiger partial charge in [-0.1, -0.05) is 29.3 Å². The van der Waals surface area contributed by atoms with Gasteiger partial charge in [0.1, 0.15) is 0 Å². The highest BCUT2D eigenvalue weighted by molar-refractivity contribution is 9.10. The molecule has 3 heteroatoms. The van der Waals surface area contributed by atoms with E-state index in [-0.39, 0.29) is 6.61 Å². The van der Waals surface area contributed by atoms with Crippen molar-refractivity contribution < 1.29 is 5.11 Å². The molecule has 0 atom stereocenters. The predicted octanol–water partition coefficient (Wildman–Crippen LogP) is 3.74. The molecule has 2 rings (SSSR count). The van der Waals surface area contributed by atoms with Crippen molar-refractivity contribution in [1.29, 1.82) is 0 Å². The lowest BCUT2D eigenvalue weighted by Crippen LogP contribution is -1.98. The summed E-state index contributed by atoms with van der Waals surface area (Å²) in [5.74, 6) is 0. The third-order valence-electron chi connectivity index (χ3n) is 3.00. The number of aromatic nitrogens is 1. The van der Waals surface area contributed by atoms with Crippen LogP contribution in [0, 0.1) is 0 Å². The molecule has 0 radical (unpaired) electrons. The van der Waals surface area contributed by atoms with Crippen molar-refractivity contribution in [3.8, 4) is 0 Å². The molecular weight excluding hydrogens is 278 g/mol. The molecule has 1 heterocycles. The van der Waals surface area contributed by atoms with E-state index in [1.54, 1.807) is 0 Å². The number of halogens is 1. The minimum atomic E-state index is 0.249. The van der Waals surface area contributed by atoms with Gasteiger partial charge in [-0.25, -0.2) is 0 Å². The van der Waals surface area contributed by atoms with Gasteiger partial charge in [0.15, 0.2) is 0 Å². The number of benzene rings is 1. The summed E-state index contributed by atoms with van der Waals surface area (Å²) in [5, 5.41) is 10.3. The predicted molar refractivity (Wildman–Crippen MR) is 75.3 cm³/mol. The second-order valence-corrected chi connectivity index (χ2v) is 5.25. The van der Waals surface area contributed by atoms with E-state index >= 15 is 0 Å². The monoisotopic (exact) mass is 295 g/mol. The molecule has 1 aromatic heterocycles. The molecule has 1 N–H and O–H groups in total. The van der Waals surface area contributed by atoms with Crippen LogP contribution in [0.25, 0.3) is 10.9 Å². The van der Waals surface area contributed by atoms with E-state index in [0.29, 0.717) is 0 Å². The van der Waals surface area contributed by atoms with Crippen LogP contribution in [0.2, 0.25) is 0 Å². The number of aliphatic hydroxyl groups excluding tert-OH is 1. The average molecular weight is 296 g/mol. The largest absolute Gasteiger partial charge is 0.396 e. The summed E-state index contributed by atoms with van der Waals surface area (Å²) in [4.78, 5) is 0. The average Bonchev–Trinajstić information content (AvgIpc) is 2.65. The number of hydrogen-bond acceptors (Lipinski definition) is 1. The molecule has 0 amide bonds. The molecular formula is C14H18BrNO. The first-order chi connectivity index (χ1) is 8.26. The lowest BCUT2D eigenvalue weighted by molar-refractivity contribution is 0.280. The van der Waals surface area contributed by atoms with Crippen molar-refractivity contribution in [2.45, 2.75) is 32.7 Å². The molecule has 0 unspecified atom stereocenters. The van der Waals surface area contributed by atoms with Crippen molar-refractivity contribution in [3.05, 3.63) is 34.4 Å². The van der Waals surface area contributed by atoms with E-state index in [4.69, 9.17) is 5.11 Å². The lowest BCUT2D eigenvalue weighted by atomic mass is 10.1. The maximum absolute atomic E-state index is 8.93. The first kappa shape index (κ1) is 12.7. The Morgan fingerprint density at radius 3 is 2.88 bits per heavy atom. The molecule has 0 spiro atoms. The van der Waals surface area contributed by atoms with E-state index in [0.717, 1.165) is 30.3 Å². The Bertz CT molecular complexity index is 504. The maximum atomic E-state index is 8.93. The molecule has 0 saturated heterocycles. The van der Waals surface area contributed by atoms with Crippen LogP contribution in [0.5, 0.6) is 0 Å². The van der Waals surface area contributed by atoms with Gasteiger partial charge in [0.05, 0.1) is 0 Å². The van der Waals surface area contributed by atoms with Crippen molar-refractivity contribution in [3.63, 3.8) is 0 Å². The van der Waals surface area contributed by atoms with Crippen LogP contribution >= 0.6 is 15.9 Å². The normalized spacial score (nSPS) is 11.2. The Morgan fingerprint density at radius 1 is 1.35 bits per heavy atom. The fourth-order valence-electron chi connectivity index (χ4n) is 2.24. The van der Waals surface area contributed by atoms with E-state index in [1.165, 1.54) is 16.5 Å². The third-order valence-corrected chi connectivity index (χ3v) is 3.50. The SMILES string of the molecule is CCCc1cn(CCCO)c2ccc(Br)cc12. The van der Waals surface area contributed by atoms with Gasteiger partial charge in [-0.2, -0.15) is 0 Å². The highest BCUT2D eigenvalue weighted by atomic mass is 79.9. The summed E-state index contributed by atoms with van der Waals surface area (Å²) in [6.45, 7) is 3.34. The van der Waals surface area contributed by atoms with Crippen LogP contribution in [-0.4, -0.2) is 16.3 Å². The van der Waals surface area contributed by atoms with Crippen molar-refractivity contribution in [2.24, 2.45) is 0 Å². The van der Waals surface area contributed by atoms with Crippen LogP contribution < -0.4 is 0 Å². The first-order valence-corrected chi connectivity index (χ1v) is 6.93. The van der Waals surface area contributed by atoms with Crippen LogP contribution in [-0.2, 0) is 13.0 Å². The number of aliphatic hydroxyl groups is 1. The highest BCUT2D eigenvalue weighted by Gasteiger charge is 2.07. The Kier molecular flexibility index (Phi) is 4.24. The minimum Gasteiger partial charge on any atom is -0.396 e. The summed E-state index contributed by atoms with van der Waals surface area (Å²) in [5.41, 5.74) is 2.67. The smallest absolute Gasteiger partial charge is 0.0483 e. The Hall–Kier alpha value is -0.800. The maximum Gasteiger partial charge on any atom is 0.0483 e. The standard InChI is InChI=1S/C14H18BrNO/c1-2-4-11-10-16(7-3-8-17)14-6-5-12(15)9-13(11)14/h5-6,9-10,17H,2-4,7-8H2,1H3. The summed E-state index contributed by atoms with van der Waals surface area (Å²) < 4.78 is 3.38. The Morgan fingerprint density at radius 2 is 2.18 bits per heavy atom. The van der Waals surface area contributed by atoms with Gasteiger partial charge in [-0.15, -0.1) is 0 Å². The van der Waals surface area contributed by atoms with Gasteiger partial charge in [-0.3, -0.25) is 0 Å². The molecule has 0 aliphatic heterocycles.